The summed E-state index contributed by atoms with van der Waals surface area (Å²) in [7, 11) is 1.68. The van der Waals surface area contributed by atoms with E-state index in [1.807, 2.05) is 24.3 Å². The molecule has 1 aromatic heterocycles. The number of hydrogen-bond donors (Lipinski definition) is 2. The van der Waals surface area contributed by atoms with Gasteiger partial charge in [-0.1, -0.05) is 31.2 Å². The van der Waals surface area contributed by atoms with Gasteiger partial charge in [0.05, 0.1) is 18.2 Å². The molecule has 3 aromatic rings. The van der Waals surface area contributed by atoms with E-state index in [9.17, 15) is 4.79 Å². The fraction of sp³-hybridized carbons (Fsp3) is 0.444. The number of amides is 1. The predicted octanol–water partition coefficient (Wildman–Crippen LogP) is 4.78. The summed E-state index contributed by atoms with van der Waals surface area (Å²) >= 11 is 0. The van der Waals surface area contributed by atoms with Crippen LogP contribution in [-0.2, 0) is 23.0 Å². The van der Waals surface area contributed by atoms with Crippen LogP contribution in [0.2, 0.25) is 0 Å². The number of methoxy groups -OCH3 is 1. The molecule has 32 heavy (non-hydrogen) atoms. The second kappa shape index (κ2) is 8.62. The first kappa shape index (κ1) is 21.1. The van der Waals surface area contributed by atoms with Gasteiger partial charge in [0.1, 0.15) is 5.75 Å². The van der Waals surface area contributed by atoms with Gasteiger partial charge in [0.15, 0.2) is 0 Å². The molecule has 0 saturated carbocycles. The summed E-state index contributed by atoms with van der Waals surface area (Å²) in [5.74, 6) is 1.52. The number of hydrogen-bond acceptors (Lipinski definition) is 3. The summed E-state index contributed by atoms with van der Waals surface area (Å²) in [6, 6.07) is 14.3. The Morgan fingerprint density at radius 1 is 1.19 bits per heavy atom. The molecule has 0 radical (unpaired) electrons. The number of nitrogens with one attached hydrogen (secondary N) is 2. The summed E-state index contributed by atoms with van der Waals surface area (Å²) < 4.78 is 11.0. The van der Waals surface area contributed by atoms with Gasteiger partial charge in [0.25, 0.3) is 5.91 Å². The predicted molar refractivity (Wildman–Crippen MR) is 127 cm³/mol. The van der Waals surface area contributed by atoms with Crippen LogP contribution in [0.15, 0.2) is 42.5 Å². The minimum atomic E-state index is -0.127. The summed E-state index contributed by atoms with van der Waals surface area (Å²) in [4.78, 5) is 17.0. The number of benzene rings is 2. The summed E-state index contributed by atoms with van der Waals surface area (Å²) in [5.41, 5.74) is 5.52. The Balaban J connectivity index is 1.41. The molecule has 1 unspecified atom stereocenters. The quantitative estimate of drug-likeness (QED) is 0.610. The molecule has 168 valence electrons. The molecule has 2 aliphatic rings. The van der Waals surface area contributed by atoms with Crippen molar-refractivity contribution in [3.63, 3.8) is 0 Å². The van der Waals surface area contributed by atoms with Crippen molar-refractivity contribution < 1.29 is 14.3 Å². The highest BCUT2D eigenvalue weighted by Crippen LogP contribution is 2.36. The maximum Gasteiger partial charge on any atom is 0.253 e. The van der Waals surface area contributed by atoms with Crippen LogP contribution in [0.25, 0.3) is 10.9 Å². The lowest BCUT2D eigenvalue weighted by atomic mass is 9.74. The van der Waals surface area contributed by atoms with Crippen LogP contribution >= 0.6 is 0 Å². The highest BCUT2D eigenvalue weighted by molar-refractivity contribution is 6.06. The average Bonchev–Trinajstić information content (AvgIpc) is 3.21. The standard InChI is InChI=1S/C27H32N2O3/c1-18-6-11-24-23(16-18)21-4-3-5-22(25(21)29-24)26(30)28-17-27(12-14-32-15-13-27)19-7-9-20(31-2)10-8-19/h3-5,7-10,18,29H,6,11-17H2,1-2H3,(H,28,30). The Morgan fingerprint density at radius 2 is 1.97 bits per heavy atom. The van der Waals surface area contributed by atoms with Gasteiger partial charge in [-0.05, 0) is 67.3 Å². The van der Waals surface area contributed by atoms with Crippen molar-refractivity contribution in [3.8, 4) is 5.75 Å². The van der Waals surface area contributed by atoms with E-state index in [2.05, 4.69) is 35.4 Å². The molecule has 2 heterocycles. The highest BCUT2D eigenvalue weighted by atomic mass is 16.5. The lowest BCUT2D eigenvalue weighted by molar-refractivity contribution is 0.0487. The molecule has 0 bridgehead atoms. The zero-order valence-corrected chi connectivity index (χ0v) is 19.0. The number of aromatic nitrogens is 1. The maximum absolute atomic E-state index is 13.4. The minimum absolute atomic E-state index is 0.0124. The highest BCUT2D eigenvalue weighted by Gasteiger charge is 2.35. The van der Waals surface area contributed by atoms with Gasteiger partial charge in [0, 0.05) is 36.3 Å². The number of ether oxygens (including phenoxy) is 2. The first-order valence-electron chi connectivity index (χ1n) is 11.7. The number of carbonyl (C=O) groups is 1. The lowest BCUT2D eigenvalue weighted by Gasteiger charge is -2.38. The lowest BCUT2D eigenvalue weighted by Crippen LogP contribution is -2.44. The van der Waals surface area contributed by atoms with Gasteiger partial charge in [-0.3, -0.25) is 4.79 Å². The summed E-state index contributed by atoms with van der Waals surface area (Å²) in [5, 5.41) is 4.48. The molecule has 2 N–H and O–H groups in total. The van der Waals surface area contributed by atoms with Crippen molar-refractivity contribution in [2.45, 2.75) is 44.4 Å². The number of fused-ring (bicyclic) bond motifs is 3. The van der Waals surface area contributed by atoms with Crippen LogP contribution in [-0.4, -0.2) is 37.8 Å². The van der Waals surface area contributed by atoms with Crippen LogP contribution in [0.3, 0.4) is 0 Å². The third kappa shape index (κ3) is 3.79. The number of H-pyrrole nitrogens is 1. The molecule has 5 rings (SSSR count). The zero-order valence-electron chi connectivity index (χ0n) is 19.0. The molecule has 5 nitrogen and oxygen atoms in total. The summed E-state index contributed by atoms with van der Waals surface area (Å²) in [6.45, 7) is 4.32. The number of para-hydroxylation sites is 1. The molecule has 0 spiro atoms. The van der Waals surface area contributed by atoms with E-state index in [1.165, 1.54) is 28.6 Å². The van der Waals surface area contributed by atoms with Gasteiger partial charge in [-0.25, -0.2) is 0 Å². The molecule has 1 aliphatic carbocycles. The SMILES string of the molecule is COc1ccc(C2(CNC(=O)c3cccc4c5c([nH]c34)CCC(C)C5)CCOCC2)cc1. The molecule has 5 heteroatoms. The number of aryl methyl sites for hydroxylation is 1. The molecular formula is C27H32N2O3. The van der Waals surface area contributed by atoms with Gasteiger partial charge >= 0.3 is 0 Å². The van der Waals surface area contributed by atoms with Gasteiger partial charge in [0.2, 0.25) is 0 Å². The van der Waals surface area contributed by atoms with E-state index in [0.29, 0.717) is 25.7 Å². The van der Waals surface area contributed by atoms with E-state index < -0.39 is 0 Å². The normalized spacial score (nSPS) is 20.0. The number of carbonyl (C=O) groups excluding carboxylic acids is 1. The largest absolute Gasteiger partial charge is 0.497 e. The smallest absolute Gasteiger partial charge is 0.253 e. The van der Waals surface area contributed by atoms with Crippen molar-refractivity contribution >= 4 is 16.8 Å². The topological polar surface area (TPSA) is 63.3 Å². The second-order valence-corrected chi connectivity index (χ2v) is 9.46. The Morgan fingerprint density at radius 3 is 2.72 bits per heavy atom. The van der Waals surface area contributed by atoms with Gasteiger partial charge in [-0.2, -0.15) is 0 Å². The monoisotopic (exact) mass is 432 g/mol. The van der Waals surface area contributed by atoms with Crippen LogP contribution in [0, 0.1) is 5.92 Å². The minimum Gasteiger partial charge on any atom is -0.497 e. The van der Waals surface area contributed by atoms with Crippen molar-refractivity contribution in [2.75, 3.05) is 26.9 Å². The third-order valence-corrected chi connectivity index (χ3v) is 7.45. The van der Waals surface area contributed by atoms with E-state index in [0.717, 1.165) is 42.5 Å². The molecule has 1 amide bonds. The Kier molecular flexibility index (Phi) is 5.68. The van der Waals surface area contributed by atoms with Crippen molar-refractivity contribution in [1.29, 1.82) is 0 Å². The third-order valence-electron chi connectivity index (χ3n) is 7.45. The second-order valence-electron chi connectivity index (χ2n) is 9.46. The molecule has 1 fully saturated rings. The Hall–Kier alpha value is -2.79. The molecule has 1 saturated heterocycles. The van der Waals surface area contributed by atoms with E-state index in [-0.39, 0.29) is 11.3 Å². The first-order valence-corrected chi connectivity index (χ1v) is 11.7. The zero-order chi connectivity index (χ0) is 22.1. The molecular weight excluding hydrogens is 400 g/mol. The van der Waals surface area contributed by atoms with Crippen LogP contribution in [0.1, 0.15) is 53.4 Å². The van der Waals surface area contributed by atoms with Crippen LogP contribution in [0.4, 0.5) is 0 Å². The Bertz CT molecular complexity index is 1110. The molecule has 1 atom stereocenters. The number of aromatic amines is 1. The van der Waals surface area contributed by atoms with E-state index >= 15 is 0 Å². The van der Waals surface area contributed by atoms with Gasteiger partial charge in [-0.15, -0.1) is 0 Å². The Labute approximate surface area is 189 Å². The van der Waals surface area contributed by atoms with Crippen LogP contribution in [0.5, 0.6) is 5.75 Å². The van der Waals surface area contributed by atoms with Crippen molar-refractivity contribution in [3.05, 3.63) is 64.8 Å². The first-order chi connectivity index (χ1) is 15.6. The maximum atomic E-state index is 13.4. The number of rotatable bonds is 5. The van der Waals surface area contributed by atoms with Crippen molar-refractivity contribution in [2.24, 2.45) is 5.92 Å². The fourth-order valence-electron chi connectivity index (χ4n) is 5.42. The molecule has 2 aromatic carbocycles. The fourth-order valence-corrected chi connectivity index (χ4v) is 5.42. The molecule has 1 aliphatic heterocycles. The van der Waals surface area contributed by atoms with Gasteiger partial charge < -0.3 is 19.8 Å². The summed E-state index contributed by atoms with van der Waals surface area (Å²) in [6.07, 6.45) is 5.12. The van der Waals surface area contributed by atoms with E-state index in [4.69, 9.17) is 9.47 Å². The average molecular weight is 433 g/mol. The van der Waals surface area contributed by atoms with Crippen molar-refractivity contribution in [1.82, 2.24) is 10.3 Å². The van der Waals surface area contributed by atoms with Crippen LogP contribution < -0.4 is 10.1 Å². The van der Waals surface area contributed by atoms with E-state index in [1.54, 1.807) is 7.11 Å².